The first-order valence-electron chi connectivity index (χ1n) is 8.49. The predicted octanol–water partition coefficient (Wildman–Crippen LogP) is 1.68. The van der Waals surface area contributed by atoms with E-state index in [1.807, 2.05) is 30.3 Å². The molecular formula is C19H25N3O3S. The van der Waals surface area contributed by atoms with Crippen LogP contribution in [0.3, 0.4) is 0 Å². The normalized spacial score (nSPS) is 13.4. The number of amides is 2. The van der Waals surface area contributed by atoms with Crippen molar-refractivity contribution in [3.63, 3.8) is 0 Å². The van der Waals surface area contributed by atoms with Crippen LogP contribution in [0.15, 0.2) is 42.5 Å². The minimum atomic E-state index is -1.38. The van der Waals surface area contributed by atoms with Crippen LogP contribution in [0.1, 0.15) is 24.2 Å². The van der Waals surface area contributed by atoms with Gasteiger partial charge >= 0.3 is 0 Å². The first-order valence-corrected chi connectivity index (χ1v) is 9.64. The van der Waals surface area contributed by atoms with Crippen LogP contribution in [-0.2, 0) is 4.79 Å². The molecule has 0 aliphatic heterocycles. The van der Waals surface area contributed by atoms with Crippen molar-refractivity contribution in [2.24, 2.45) is 11.7 Å². The van der Waals surface area contributed by atoms with E-state index in [9.17, 15) is 14.7 Å². The van der Waals surface area contributed by atoms with Crippen molar-refractivity contribution in [2.45, 2.75) is 26.0 Å². The zero-order chi connectivity index (χ0) is 19.1. The number of fused-ring (bicyclic) bond motifs is 1. The maximum absolute atomic E-state index is 12.2. The lowest BCUT2D eigenvalue weighted by Crippen LogP contribution is -2.52. The Morgan fingerprint density at radius 2 is 1.77 bits per heavy atom. The lowest BCUT2D eigenvalue weighted by Gasteiger charge is -2.18. The Morgan fingerprint density at radius 3 is 2.46 bits per heavy atom. The molecule has 2 rings (SSSR count). The SMILES string of the molecule is CC(C)CSC[C@@H](N)[C@H](O)C(=O)NNC(=O)c1ccc2ccccc2c1. The van der Waals surface area contributed by atoms with E-state index in [0.29, 0.717) is 17.2 Å². The van der Waals surface area contributed by atoms with Crippen LogP contribution in [0.5, 0.6) is 0 Å². The highest BCUT2D eigenvalue weighted by molar-refractivity contribution is 7.99. The molecule has 0 aliphatic rings. The van der Waals surface area contributed by atoms with Crippen molar-refractivity contribution in [3.05, 3.63) is 48.0 Å². The highest BCUT2D eigenvalue weighted by Crippen LogP contribution is 2.15. The Kier molecular flexibility index (Phi) is 7.44. The summed E-state index contributed by atoms with van der Waals surface area (Å²) >= 11 is 1.59. The quantitative estimate of drug-likeness (QED) is 0.551. The van der Waals surface area contributed by atoms with Gasteiger partial charge in [-0.25, -0.2) is 0 Å². The fourth-order valence-electron chi connectivity index (χ4n) is 2.32. The number of aliphatic hydroxyl groups is 1. The zero-order valence-corrected chi connectivity index (χ0v) is 15.8. The molecule has 2 amide bonds. The number of nitrogens with two attached hydrogens (primary N) is 1. The topological polar surface area (TPSA) is 104 Å². The van der Waals surface area contributed by atoms with Crippen molar-refractivity contribution in [3.8, 4) is 0 Å². The molecule has 0 bridgehead atoms. The molecule has 0 radical (unpaired) electrons. The molecule has 0 aromatic heterocycles. The summed E-state index contributed by atoms with van der Waals surface area (Å²) in [7, 11) is 0. The first-order chi connectivity index (χ1) is 12.4. The number of carbonyl (C=O) groups is 2. The Balaban J connectivity index is 1.85. The van der Waals surface area contributed by atoms with Gasteiger partial charge in [-0.2, -0.15) is 11.8 Å². The zero-order valence-electron chi connectivity index (χ0n) is 14.9. The Labute approximate surface area is 157 Å². The summed E-state index contributed by atoms with van der Waals surface area (Å²) in [5, 5.41) is 11.9. The van der Waals surface area contributed by atoms with E-state index in [0.717, 1.165) is 16.5 Å². The summed E-state index contributed by atoms with van der Waals surface area (Å²) in [4.78, 5) is 24.2. The van der Waals surface area contributed by atoms with Gasteiger partial charge < -0.3 is 10.8 Å². The van der Waals surface area contributed by atoms with Gasteiger partial charge in [0, 0.05) is 17.4 Å². The van der Waals surface area contributed by atoms with E-state index < -0.39 is 24.0 Å². The number of nitrogens with one attached hydrogen (secondary N) is 2. The second kappa shape index (κ2) is 9.56. The summed E-state index contributed by atoms with van der Waals surface area (Å²) < 4.78 is 0. The third-order valence-electron chi connectivity index (χ3n) is 3.75. The summed E-state index contributed by atoms with van der Waals surface area (Å²) in [5.41, 5.74) is 10.8. The Morgan fingerprint density at radius 1 is 1.08 bits per heavy atom. The smallest absolute Gasteiger partial charge is 0.269 e. The molecule has 140 valence electrons. The van der Waals surface area contributed by atoms with Gasteiger partial charge in [0.2, 0.25) is 0 Å². The molecule has 0 heterocycles. The van der Waals surface area contributed by atoms with E-state index in [1.54, 1.807) is 23.9 Å². The number of thioether (sulfide) groups is 1. The van der Waals surface area contributed by atoms with Crippen LogP contribution >= 0.6 is 11.8 Å². The van der Waals surface area contributed by atoms with Gasteiger partial charge in [0.25, 0.3) is 11.8 Å². The van der Waals surface area contributed by atoms with Crippen molar-refractivity contribution in [1.82, 2.24) is 10.9 Å². The number of hydrogen-bond donors (Lipinski definition) is 4. The molecule has 0 unspecified atom stereocenters. The van der Waals surface area contributed by atoms with E-state index in [2.05, 4.69) is 24.7 Å². The van der Waals surface area contributed by atoms with Crippen molar-refractivity contribution < 1.29 is 14.7 Å². The van der Waals surface area contributed by atoms with Crippen molar-refractivity contribution in [2.75, 3.05) is 11.5 Å². The third-order valence-corrected chi connectivity index (χ3v) is 5.27. The van der Waals surface area contributed by atoms with Gasteiger partial charge in [0.15, 0.2) is 0 Å². The molecule has 0 spiro atoms. The van der Waals surface area contributed by atoms with E-state index in [4.69, 9.17) is 5.73 Å². The summed E-state index contributed by atoms with van der Waals surface area (Å²) in [6.07, 6.45) is -1.38. The molecule has 2 aromatic carbocycles. The molecule has 0 saturated heterocycles. The van der Waals surface area contributed by atoms with Crippen LogP contribution in [0.4, 0.5) is 0 Å². The highest BCUT2D eigenvalue weighted by atomic mass is 32.2. The van der Waals surface area contributed by atoms with Crippen LogP contribution in [0.25, 0.3) is 10.8 Å². The molecule has 6 nitrogen and oxygen atoms in total. The van der Waals surface area contributed by atoms with Crippen LogP contribution in [0, 0.1) is 5.92 Å². The fraction of sp³-hybridized carbons (Fsp3) is 0.368. The summed E-state index contributed by atoms with van der Waals surface area (Å²) in [6, 6.07) is 12.2. The fourth-order valence-corrected chi connectivity index (χ4v) is 3.38. The molecule has 0 saturated carbocycles. The van der Waals surface area contributed by atoms with Gasteiger partial charge in [0.1, 0.15) is 6.10 Å². The van der Waals surface area contributed by atoms with E-state index in [1.165, 1.54) is 0 Å². The minimum Gasteiger partial charge on any atom is -0.382 e. The van der Waals surface area contributed by atoms with Crippen LogP contribution in [-0.4, -0.2) is 40.6 Å². The van der Waals surface area contributed by atoms with Crippen LogP contribution in [0.2, 0.25) is 0 Å². The Bertz CT molecular complexity index is 767. The van der Waals surface area contributed by atoms with Gasteiger partial charge in [-0.05, 0) is 34.6 Å². The molecular weight excluding hydrogens is 350 g/mol. The monoisotopic (exact) mass is 375 g/mol. The average Bonchev–Trinajstić information content (AvgIpc) is 2.64. The number of aliphatic hydroxyl groups excluding tert-OH is 1. The second-order valence-corrected chi connectivity index (χ2v) is 7.62. The van der Waals surface area contributed by atoms with Gasteiger partial charge in [0.05, 0.1) is 0 Å². The van der Waals surface area contributed by atoms with E-state index in [-0.39, 0.29) is 0 Å². The third kappa shape index (κ3) is 5.72. The lowest BCUT2D eigenvalue weighted by molar-refractivity contribution is -0.130. The maximum atomic E-state index is 12.2. The molecule has 0 fully saturated rings. The maximum Gasteiger partial charge on any atom is 0.269 e. The predicted molar refractivity (Wildman–Crippen MR) is 106 cm³/mol. The van der Waals surface area contributed by atoms with Crippen molar-refractivity contribution >= 4 is 34.3 Å². The molecule has 2 atom stereocenters. The largest absolute Gasteiger partial charge is 0.382 e. The number of benzene rings is 2. The van der Waals surface area contributed by atoms with Gasteiger partial charge in [-0.1, -0.05) is 44.2 Å². The van der Waals surface area contributed by atoms with Gasteiger partial charge in [-0.3, -0.25) is 20.4 Å². The van der Waals surface area contributed by atoms with Gasteiger partial charge in [-0.15, -0.1) is 0 Å². The molecule has 5 N–H and O–H groups in total. The van der Waals surface area contributed by atoms with Crippen LogP contribution < -0.4 is 16.6 Å². The molecule has 26 heavy (non-hydrogen) atoms. The standard InChI is InChI=1S/C19H25N3O3S/c1-12(2)10-26-11-16(20)17(23)19(25)22-21-18(24)15-8-7-13-5-3-4-6-14(13)9-15/h3-9,12,16-17,23H,10-11,20H2,1-2H3,(H,21,24)(H,22,25)/t16-,17+/m1/s1. The Hall–Kier alpha value is -2.09. The molecule has 0 aliphatic carbocycles. The summed E-state index contributed by atoms with van der Waals surface area (Å²) in [6.45, 7) is 4.17. The van der Waals surface area contributed by atoms with Crippen molar-refractivity contribution in [1.29, 1.82) is 0 Å². The lowest BCUT2D eigenvalue weighted by atomic mass is 10.1. The number of hydrazine groups is 1. The average molecular weight is 375 g/mol. The minimum absolute atomic E-state index is 0.412. The van der Waals surface area contributed by atoms with E-state index >= 15 is 0 Å². The summed E-state index contributed by atoms with van der Waals surface area (Å²) in [5.74, 6) is 0.696. The second-order valence-electron chi connectivity index (χ2n) is 6.55. The first kappa shape index (κ1) is 20.2. The number of carbonyl (C=O) groups excluding carboxylic acids is 2. The number of rotatable bonds is 7. The molecule has 2 aromatic rings. The number of hydrogen-bond acceptors (Lipinski definition) is 5. The molecule has 7 heteroatoms. The highest BCUT2D eigenvalue weighted by Gasteiger charge is 2.23.